The second-order valence-corrected chi connectivity index (χ2v) is 8.58. The van der Waals surface area contributed by atoms with Crippen molar-refractivity contribution in [1.82, 2.24) is 4.31 Å². The van der Waals surface area contributed by atoms with E-state index in [0.29, 0.717) is 25.2 Å². The quantitative estimate of drug-likeness (QED) is 0.817. The lowest BCUT2D eigenvalue weighted by Gasteiger charge is -2.18. The molecule has 1 aliphatic heterocycles. The highest BCUT2D eigenvalue weighted by Crippen LogP contribution is 2.25. The van der Waals surface area contributed by atoms with E-state index in [1.807, 2.05) is 6.92 Å². The molecule has 0 radical (unpaired) electrons. The molecule has 1 fully saturated rings. The number of hydrogen-bond donors (Lipinski definition) is 1. The zero-order valence-corrected chi connectivity index (χ0v) is 16.0. The number of sulfonamides is 1. The van der Waals surface area contributed by atoms with Gasteiger partial charge in [0.1, 0.15) is 5.82 Å². The van der Waals surface area contributed by atoms with Crippen LogP contribution in [-0.2, 0) is 14.8 Å². The van der Waals surface area contributed by atoms with Crippen molar-refractivity contribution in [2.24, 2.45) is 0 Å². The first kappa shape index (κ1) is 19.5. The van der Waals surface area contributed by atoms with Crippen LogP contribution < -0.4 is 5.32 Å². The molecule has 0 aliphatic carbocycles. The van der Waals surface area contributed by atoms with Crippen LogP contribution in [0.3, 0.4) is 0 Å². The maximum absolute atomic E-state index is 13.1. The predicted molar refractivity (Wildman–Crippen MR) is 102 cm³/mol. The second kappa shape index (κ2) is 8.19. The zero-order valence-electron chi connectivity index (χ0n) is 15.2. The standard InChI is InChI=1S/C20H23FN2O3S/c1-2-19(15-8-10-16(21)11-9-15)20(24)22-17-6-5-7-18(14-17)27(25,26)23-12-3-4-13-23/h5-11,14,19H,2-4,12-13H2,1H3,(H,22,24). The molecule has 7 heteroatoms. The maximum atomic E-state index is 13.1. The van der Waals surface area contributed by atoms with Gasteiger partial charge in [-0.25, -0.2) is 12.8 Å². The van der Waals surface area contributed by atoms with Crippen molar-refractivity contribution in [1.29, 1.82) is 0 Å². The summed E-state index contributed by atoms with van der Waals surface area (Å²) in [7, 11) is -3.54. The van der Waals surface area contributed by atoms with Gasteiger partial charge in [0.2, 0.25) is 15.9 Å². The van der Waals surface area contributed by atoms with Gasteiger partial charge in [-0.2, -0.15) is 4.31 Å². The van der Waals surface area contributed by atoms with Crippen LogP contribution in [0, 0.1) is 5.82 Å². The summed E-state index contributed by atoms with van der Waals surface area (Å²) in [5.41, 5.74) is 1.15. The Balaban J connectivity index is 1.79. The summed E-state index contributed by atoms with van der Waals surface area (Å²) in [6, 6.07) is 12.2. The average Bonchev–Trinajstić information content (AvgIpc) is 3.20. The smallest absolute Gasteiger partial charge is 0.243 e. The Morgan fingerprint density at radius 3 is 2.44 bits per heavy atom. The van der Waals surface area contributed by atoms with E-state index in [4.69, 9.17) is 0 Å². The summed E-state index contributed by atoms with van der Waals surface area (Å²) in [6.45, 7) is 2.94. The molecular weight excluding hydrogens is 367 g/mol. The minimum Gasteiger partial charge on any atom is -0.326 e. The molecule has 0 bridgehead atoms. The highest BCUT2D eigenvalue weighted by molar-refractivity contribution is 7.89. The minimum absolute atomic E-state index is 0.178. The van der Waals surface area contributed by atoms with Crippen LogP contribution in [0.5, 0.6) is 0 Å². The lowest BCUT2D eigenvalue weighted by atomic mass is 9.95. The number of amides is 1. The number of anilines is 1. The molecule has 1 atom stereocenters. The van der Waals surface area contributed by atoms with E-state index in [2.05, 4.69) is 5.32 Å². The van der Waals surface area contributed by atoms with Crippen LogP contribution in [0.15, 0.2) is 53.4 Å². The Kier molecular flexibility index (Phi) is 5.92. The van der Waals surface area contributed by atoms with Crippen LogP contribution in [0.25, 0.3) is 0 Å². The fraction of sp³-hybridized carbons (Fsp3) is 0.350. The molecule has 3 rings (SSSR count). The summed E-state index contributed by atoms with van der Waals surface area (Å²) >= 11 is 0. The molecule has 144 valence electrons. The number of halogens is 1. The largest absolute Gasteiger partial charge is 0.326 e. The fourth-order valence-corrected chi connectivity index (χ4v) is 4.87. The van der Waals surface area contributed by atoms with Crippen molar-refractivity contribution < 1.29 is 17.6 Å². The number of hydrogen-bond acceptors (Lipinski definition) is 3. The molecular formula is C20H23FN2O3S. The molecule has 1 unspecified atom stereocenters. The molecule has 1 amide bonds. The molecule has 0 aromatic heterocycles. The fourth-order valence-electron chi connectivity index (χ4n) is 3.31. The Labute approximate surface area is 159 Å². The molecule has 1 aliphatic rings. The van der Waals surface area contributed by atoms with Crippen LogP contribution in [0.1, 0.15) is 37.7 Å². The number of carbonyl (C=O) groups is 1. The van der Waals surface area contributed by atoms with Crippen LogP contribution in [0.4, 0.5) is 10.1 Å². The van der Waals surface area contributed by atoms with E-state index >= 15 is 0 Å². The van der Waals surface area contributed by atoms with Gasteiger partial charge in [0, 0.05) is 18.8 Å². The van der Waals surface area contributed by atoms with Crippen LogP contribution >= 0.6 is 0 Å². The van der Waals surface area contributed by atoms with Gasteiger partial charge in [-0.1, -0.05) is 25.1 Å². The van der Waals surface area contributed by atoms with Gasteiger partial charge < -0.3 is 5.32 Å². The van der Waals surface area contributed by atoms with E-state index in [-0.39, 0.29) is 16.6 Å². The Morgan fingerprint density at radius 2 is 1.81 bits per heavy atom. The highest BCUT2D eigenvalue weighted by Gasteiger charge is 2.27. The number of rotatable bonds is 6. The van der Waals surface area contributed by atoms with Crippen LogP contribution in [0.2, 0.25) is 0 Å². The lowest BCUT2D eigenvalue weighted by molar-refractivity contribution is -0.117. The summed E-state index contributed by atoms with van der Waals surface area (Å²) in [5.74, 6) is -1.04. The number of nitrogens with zero attached hydrogens (tertiary/aromatic N) is 1. The van der Waals surface area contributed by atoms with Crippen molar-refractivity contribution in [3.63, 3.8) is 0 Å². The minimum atomic E-state index is -3.54. The van der Waals surface area contributed by atoms with E-state index < -0.39 is 15.9 Å². The van der Waals surface area contributed by atoms with E-state index in [1.54, 1.807) is 30.3 Å². The van der Waals surface area contributed by atoms with Crippen molar-refractivity contribution in [3.05, 3.63) is 59.9 Å². The van der Waals surface area contributed by atoms with Crippen molar-refractivity contribution in [2.75, 3.05) is 18.4 Å². The number of nitrogens with one attached hydrogen (secondary N) is 1. The lowest BCUT2D eigenvalue weighted by Crippen LogP contribution is -2.28. The summed E-state index contributed by atoms with van der Waals surface area (Å²) in [6.07, 6.45) is 2.28. The topological polar surface area (TPSA) is 66.5 Å². The summed E-state index contributed by atoms with van der Waals surface area (Å²) in [4.78, 5) is 12.9. The predicted octanol–water partition coefficient (Wildman–Crippen LogP) is 3.74. The summed E-state index contributed by atoms with van der Waals surface area (Å²) < 4.78 is 40.0. The molecule has 27 heavy (non-hydrogen) atoms. The molecule has 0 spiro atoms. The van der Waals surface area contributed by atoms with Gasteiger partial charge in [0.15, 0.2) is 0 Å². The molecule has 2 aromatic carbocycles. The zero-order chi connectivity index (χ0) is 19.4. The third kappa shape index (κ3) is 4.36. The van der Waals surface area contributed by atoms with Gasteiger partial charge in [0.25, 0.3) is 0 Å². The van der Waals surface area contributed by atoms with Crippen LogP contribution in [-0.4, -0.2) is 31.7 Å². The Hall–Kier alpha value is -2.25. The second-order valence-electron chi connectivity index (χ2n) is 6.64. The van der Waals surface area contributed by atoms with E-state index in [1.165, 1.54) is 22.5 Å². The van der Waals surface area contributed by atoms with E-state index in [0.717, 1.165) is 18.4 Å². The first-order valence-electron chi connectivity index (χ1n) is 9.08. The van der Waals surface area contributed by atoms with Crippen molar-refractivity contribution in [2.45, 2.75) is 37.0 Å². The molecule has 1 saturated heterocycles. The average molecular weight is 390 g/mol. The number of carbonyl (C=O) groups excluding carboxylic acids is 1. The van der Waals surface area contributed by atoms with Gasteiger partial charge in [-0.15, -0.1) is 0 Å². The maximum Gasteiger partial charge on any atom is 0.243 e. The summed E-state index contributed by atoms with van der Waals surface area (Å²) in [5, 5.41) is 2.79. The molecule has 0 saturated carbocycles. The van der Waals surface area contributed by atoms with Crippen molar-refractivity contribution >= 4 is 21.6 Å². The van der Waals surface area contributed by atoms with Gasteiger partial charge in [-0.3, -0.25) is 4.79 Å². The molecule has 1 N–H and O–H groups in total. The SMILES string of the molecule is CCC(C(=O)Nc1cccc(S(=O)(=O)N2CCCC2)c1)c1ccc(F)cc1. The first-order chi connectivity index (χ1) is 12.9. The highest BCUT2D eigenvalue weighted by atomic mass is 32.2. The van der Waals surface area contributed by atoms with Gasteiger partial charge in [0.05, 0.1) is 10.8 Å². The number of benzene rings is 2. The third-order valence-corrected chi connectivity index (χ3v) is 6.70. The first-order valence-corrected chi connectivity index (χ1v) is 10.5. The third-order valence-electron chi connectivity index (χ3n) is 4.80. The molecule has 1 heterocycles. The van der Waals surface area contributed by atoms with E-state index in [9.17, 15) is 17.6 Å². The Bertz CT molecular complexity index is 907. The molecule has 2 aromatic rings. The Morgan fingerprint density at radius 1 is 1.15 bits per heavy atom. The van der Waals surface area contributed by atoms with Gasteiger partial charge >= 0.3 is 0 Å². The van der Waals surface area contributed by atoms with Crippen molar-refractivity contribution in [3.8, 4) is 0 Å². The normalized spacial score (nSPS) is 16.2. The van der Waals surface area contributed by atoms with Gasteiger partial charge in [-0.05, 0) is 55.2 Å². The molecule has 5 nitrogen and oxygen atoms in total. The monoisotopic (exact) mass is 390 g/mol.